The van der Waals surface area contributed by atoms with Crippen molar-refractivity contribution in [3.05, 3.63) is 59.7 Å². The minimum Gasteiger partial charge on any atom is -0.469 e. The monoisotopic (exact) mass is 320 g/mol. The first-order chi connectivity index (χ1) is 10.4. The van der Waals surface area contributed by atoms with Gasteiger partial charge in [-0.1, -0.05) is 29.8 Å². The van der Waals surface area contributed by atoms with Crippen molar-refractivity contribution in [2.45, 2.75) is 18.2 Å². The molecule has 2 aromatic carbocycles. The van der Waals surface area contributed by atoms with Crippen LogP contribution in [0.3, 0.4) is 0 Å². The number of methoxy groups -OCH3 is 1. The van der Waals surface area contributed by atoms with Crippen molar-refractivity contribution in [1.82, 2.24) is 0 Å². The minimum atomic E-state index is -3.86. The zero-order valence-electron chi connectivity index (χ0n) is 12.3. The van der Waals surface area contributed by atoms with Crippen LogP contribution in [0.5, 0.6) is 5.75 Å². The molecule has 0 aliphatic rings. The molecule has 0 bridgehead atoms. The van der Waals surface area contributed by atoms with Crippen molar-refractivity contribution in [2.24, 2.45) is 0 Å². The molecule has 22 heavy (non-hydrogen) atoms. The van der Waals surface area contributed by atoms with Crippen molar-refractivity contribution in [2.75, 3.05) is 7.11 Å². The second kappa shape index (κ2) is 6.62. The van der Waals surface area contributed by atoms with E-state index >= 15 is 0 Å². The Hall–Kier alpha value is -2.34. The summed E-state index contributed by atoms with van der Waals surface area (Å²) in [6.45, 7) is 1.87. The molecule has 0 fully saturated rings. The lowest BCUT2D eigenvalue weighted by atomic mass is 10.1. The zero-order valence-corrected chi connectivity index (χ0v) is 13.1. The average Bonchev–Trinajstić information content (AvgIpc) is 2.49. The third kappa shape index (κ3) is 4.08. The van der Waals surface area contributed by atoms with Crippen LogP contribution in [0.1, 0.15) is 11.1 Å². The summed E-state index contributed by atoms with van der Waals surface area (Å²) >= 11 is 0. The fraction of sp³-hybridized carbons (Fsp3) is 0.188. The van der Waals surface area contributed by atoms with Gasteiger partial charge in [-0.2, -0.15) is 8.42 Å². The quantitative estimate of drug-likeness (QED) is 0.625. The van der Waals surface area contributed by atoms with Crippen molar-refractivity contribution in [3.8, 4) is 5.75 Å². The van der Waals surface area contributed by atoms with E-state index in [1.54, 1.807) is 24.3 Å². The van der Waals surface area contributed by atoms with E-state index in [-0.39, 0.29) is 23.0 Å². The van der Waals surface area contributed by atoms with Crippen molar-refractivity contribution in [3.63, 3.8) is 0 Å². The van der Waals surface area contributed by atoms with Gasteiger partial charge in [0.25, 0.3) is 0 Å². The highest BCUT2D eigenvalue weighted by molar-refractivity contribution is 7.87. The highest BCUT2D eigenvalue weighted by Gasteiger charge is 2.16. The van der Waals surface area contributed by atoms with Gasteiger partial charge in [0, 0.05) is 0 Å². The average molecular weight is 320 g/mol. The number of hydrogen-bond donors (Lipinski definition) is 0. The number of carbonyl (C=O) groups is 1. The lowest BCUT2D eigenvalue weighted by molar-refractivity contribution is -0.139. The van der Waals surface area contributed by atoms with E-state index in [1.165, 1.54) is 31.4 Å². The summed E-state index contributed by atoms with van der Waals surface area (Å²) in [5.41, 5.74) is 1.68. The Labute approximate surface area is 129 Å². The second-order valence-corrected chi connectivity index (χ2v) is 6.29. The second-order valence-electron chi connectivity index (χ2n) is 4.75. The van der Waals surface area contributed by atoms with Crippen LogP contribution in [0, 0.1) is 6.92 Å². The molecule has 0 aliphatic heterocycles. The number of aryl methyl sites for hydroxylation is 1. The molecule has 0 heterocycles. The molecule has 0 unspecified atom stereocenters. The molecular formula is C16H16O5S. The maximum atomic E-state index is 12.1. The van der Waals surface area contributed by atoms with Crippen LogP contribution >= 0.6 is 0 Å². The summed E-state index contributed by atoms with van der Waals surface area (Å²) in [6, 6.07) is 12.7. The van der Waals surface area contributed by atoms with Crippen molar-refractivity contribution < 1.29 is 22.1 Å². The van der Waals surface area contributed by atoms with E-state index < -0.39 is 10.1 Å². The van der Waals surface area contributed by atoms with Gasteiger partial charge in [0.05, 0.1) is 13.5 Å². The molecule has 2 aromatic rings. The summed E-state index contributed by atoms with van der Waals surface area (Å²) in [6.07, 6.45) is 0.126. The molecule has 0 aromatic heterocycles. The Morgan fingerprint density at radius 1 is 1.00 bits per heavy atom. The van der Waals surface area contributed by atoms with Crippen LogP contribution < -0.4 is 4.18 Å². The van der Waals surface area contributed by atoms with Crippen LogP contribution in [0.25, 0.3) is 0 Å². The zero-order chi connectivity index (χ0) is 16.2. The van der Waals surface area contributed by atoms with Crippen molar-refractivity contribution in [1.29, 1.82) is 0 Å². The third-order valence-corrected chi connectivity index (χ3v) is 4.28. The Morgan fingerprint density at radius 2 is 1.59 bits per heavy atom. The summed E-state index contributed by atoms with van der Waals surface area (Å²) in [4.78, 5) is 11.3. The van der Waals surface area contributed by atoms with Crippen molar-refractivity contribution >= 4 is 16.1 Å². The number of benzene rings is 2. The predicted octanol–water partition coefficient (Wildman–Crippen LogP) is 2.48. The minimum absolute atomic E-state index is 0.0942. The molecule has 5 nitrogen and oxygen atoms in total. The molecule has 0 atom stereocenters. The summed E-state index contributed by atoms with van der Waals surface area (Å²) < 4.78 is 33.9. The maximum absolute atomic E-state index is 12.1. The molecule has 0 aliphatic carbocycles. The van der Waals surface area contributed by atoms with Gasteiger partial charge < -0.3 is 8.92 Å². The van der Waals surface area contributed by atoms with Gasteiger partial charge in [0.1, 0.15) is 10.6 Å². The smallest absolute Gasteiger partial charge is 0.339 e. The molecule has 0 amide bonds. The summed E-state index contributed by atoms with van der Waals surface area (Å²) in [5, 5.41) is 0. The van der Waals surface area contributed by atoms with Gasteiger partial charge in [-0.15, -0.1) is 0 Å². The fourth-order valence-corrected chi connectivity index (χ4v) is 2.71. The largest absolute Gasteiger partial charge is 0.469 e. The first kappa shape index (κ1) is 16.0. The Kier molecular flexibility index (Phi) is 4.82. The lowest BCUT2D eigenvalue weighted by Gasteiger charge is -2.08. The summed E-state index contributed by atoms with van der Waals surface area (Å²) in [5.74, 6) is -0.171. The topological polar surface area (TPSA) is 69.7 Å². The van der Waals surface area contributed by atoms with Gasteiger partial charge >= 0.3 is 16.1 Å². The van der Waals surface area contributed by atoms with Crippen LogP contribution in [-0.4, -0.2) is 21.5 Å². The van der Waals surface area contributed by atoms with E-state index in [1.807, 2.05) is 6.92 Å². The van der Waals surface area contributed by atoms with Gasteiger partial charge in [-0.25, -0.2) is 0 Å². The predicted molar refractivity (Wildman–Crippen MR) is 81.2 cm³/mol. The summed E-state index contributed by atoms with van der Waals surface area (Å²) in [7, 11) is -2.55. The van der Waals surface area contributed by atoms with Crippen LogP contribution in [-0.2, 0) is 26.1 Å². The Bertz CT molecular complexity index is 746. The van der Waals surface area contributed by atoms with Crippen LogP contribution in [0.15, 0.2) is 53.4 Å². The number of hydrogen-bond acceptors (Lipinski definition) is 5. The maximum Gasteiger partial charge on any atom is 0.339 e. The number of esters is 1. The Morgan fingerprint density at radius 3 is 2.14 bits per heavy atom. The molecule has 0 radical (unpaired) electrons. The molecule has 6 heteroatoms. The van der Waals surface area contributed by atoms with Gasteiger partial charge in [0.15, 0.2) is 0 Å². The van der Waals surface area contributed by atoms with E-state index in [4.69, 9.17) is 4.18 Å². The molecule has 0 N–H and O–H groups in total. The van der Waals surface area contributed by atoms with E-state index in [2.05, 4.69) is 4.74 Å². The van der Waals surface area contributed by atoms with Crippen LogP contribution in [0.4, 0.5) is 0 Å². The molecular weight excluding hydrogens is 304 g/mol. The first-order valence-corrected chi connectivity index (χ1v) is 7.98. The molecule has 2 rings (SSSR count). The Balaban J connectivity index is 2.13. The molecule has 0 saturated carbocycles. The van der Waals surface area contributed by atoms with Gasteiger partial charge in [0.2, 0.25) is 0 Å². The molecule has 0 saturated heterocycles. The van der Waals surface area contributed by atoms with Gasteiger partial charge in [-0.3, -0.25) is 4.79 Å². The van der Waals surface area contributed by atoms with E-state index in [0.717, 1.165) is 5.56 Å². The number of carbonyl (C=O) groups excluding carboxylic acids is 1. The van der Waals surface area contributed by atoms with E-state index in [9.17, 15) is 13.2 Å². The highest BCUT2D eigenvalue weighted by Crippen LogP contribution is 2.19. The normalized spacial score (nSPS) is 11.0. The van der Waals surface area contributed by atoms with Gasteiger partial charge in [-0.05, 0) is 36.8 Å². The first-order valence-electron chi connectivity index (χ1n) is 6.57. The SMILES string of the molecule is COC(=O)Cc1ccc(OS(=O)(=O)c2ccc(C)cc2)cc1. The molecule has 0 spiro atoms. The number of rotatable bonds is 5. The highest BCUT2D eigenvalue weighted by atomic mass is 32.2. The lowest BCUT2D eigenvalue weighted by Crippen LogP contribution is -2.10. The molecule has 116 valence electrons. The fourth-order valence-electron chi connectivity index (χ4n) is 1.78. The van der Waals surface area contributed by atoms with E-state index in [0.29, 0.717) is 5.56 Å². The standard InChI is InChI=1S/C16H16O5S/c1-12-3-9-15(10-4-12)22(18,19)21-14-7-5-13(6-8-14)11-16(17)20-2/h3-10H,11H2,1-2H3. The van der Waals surface area contributed by atoms with Crippen LogP contribution in [0.2, 0.25) is 0 Å². The number of ether oxygens (including phenoxy) is 1. The third-order valence-electron chi connectivity index (χ3n) is 3.02.